The number of anilines is 1. The van der Waals surface area contributed by atoms with Crippen molar-refractivity contribution < 1.29 is 4.79 Å². The van der Waals surface area contributed by atoms with Crippen LogP contribution in [0.4, 0.5) is 5.69 Å². The number of allylic oxidation sites excluding steroid dienone is 4. The third kappa shape index (κ3) is 3.98. The minimum Gasteiger partial charge on any atom is -0.326 e. The van der Waals surface area contributed by atoms with Crippen molar-refractivity contribution in [3.63, 3.8) is 0 Å². The van der Waals surface area contributed by atoms with E-state index in [9.17, 15) is 4.79 Å². The van der Waals surface area contributed by atoms with Gasteiger partial charge >= 0.3 is 0 Å². The zero-order valence-electron chi connectivity index (χ0n) is 14.9. The molecule has 2 aliphatic rings. The van der Waals surface area contributed by atoms with Crippen LogP contribution in [-0.2, 0) is 4.79 Å². The molecule has 2 aliphatic carbocycles. The van der Waals surface area contributed by atoms with E-state index in [2.05, 4.69) is 49.5 Å². The van der Waals surface area contributed by atoms with Crippen LogP contribution in [0.3, 0.4) is 0 Å². The van der Waals surface area contributed by atoms with E-state index in [4.69, 9.17) is 0 Å². The SMILES string of the molecule is Cc1cccc(NC(=O)C2[C@@H]3CC/C=C\CC/C=C\CC[C@@H]23)c1C. The van der Waals surface area contributed by atoms with Gasteiger partial charge in [0.2, 0.25) is 5.91 Å². The van der Waals surface area contributed by atoms with Crippen LogP contribution < -0.4 is 5.32 Å². The highest BCUT2D eigenvalue weighted by atomic mass is 16.2. The largest absolute Gasteiger partial charge is 0.326 e. The average molecular weight is 323 g/mol. The molecule has 24 heavy (non-hydrogen) atoms. The van der Waals surface area contributed by atoms with E-state index >= 15 is 0 Å². The van der Waals surface area contributed by atoms with Crippen LogP contribution in [0.1, 0.15) is 49.7 Å². The maximum Gasteiger partial charge on any atom is 0.228 e. The van der Waals surface area contributed by atoms with E-state index in [0.717, 1.165) is 44.2 Å². The van der Waals surface area contributed by atoms with Crippen molar-refractivity contribution in [2.45, 2.75) is 52.4 Å². The van der Waals surface area contributed by atoms with Crippen LogP contribution in [0.2, 0.25) is 0 Å². The van der Waals surface area contributed by atoms with Crippen LogP contribution in [-0.4, -0.2) is 5.91 Å². The van der Waals surface area contributed by atoms with Gasteiger partial charge in [0, 0.05) is 11.6 Å². The highest BCUT2D eigenvalue weighted by Crippen LogP contribution is 2.52. The van der Waals surface area contributed by atoms with Crippen LogP contribution in [0.5, 0.6) is 0 Å². The fourth-order valence-electron chi connectivity index (χ4n) is 3.96. The van der Waals surface area contributed by atoms with Crippen molar-refractivity contribution in [2.24, 2.45) is 17.8 Å². The van der Waals surface area contributed by atoms with E-state index in [0.29, 0.717) is 11.8 Å². The minimum absolute atomic E-state index is 0.201. The Labute approximate surface area is 146 Å². The molecule has 1 fully saturated rings. The fourth-order valence-corrected chi connectivity index (χ4v) is 3.96. The topological polar surface area (TPSA) is 29.1 Å². The van der Waals surface area contributed by atoms with Gasteiger partial charge in [-0.15, -0.1) is 0 Å². The van der Waals surface area contributed by atoms with E-state index in [1.807, 2.05) is 12.1 Å². The molecule has 0 aliphatic heterocycles. The molecule has 3 rings (SSSR count). The molecule has 1 aromatic rings. The molecular weight excluding hydrogens is 294 g/mol. The molecule has 0 aromatic heterocycles. The predicted molar refractivity (Wildman–Crippen MR) is 101 cm³/mol. The van der Waals surface area contributed by atoms with Gasteiger partial charge in [-0.25, -0.2) is 0 Å². The summed E-state index contributed by atoms with van der Waals surface area (Å²) in [7, 11) is 0. The lowest BCUT2D eigenvalue weighted by Crippen LogP contribution is -2.16. The molecule has 1 amide bonds. The number of benzene rings is 1. The van der Waals surface area contributed by atoms with Crippen LogP contribution in [0, 0.1) is 31.6 Å². The minimum atomic E-state index is 0.201. The highest BCUT2D eigenvalue weighted by Gasteiger charge is 2.52. The predicted octanol–water partition coefficient (Wildman–Crippen LogP) is 5.57. The molecule has 0 unspecified atom stereocenters. The van der Waals surface area contributed by atoms with Gasteiger partial charge in [0.15, 0.2) is 0 Å². The zero-order valence-corrected chi connectivity index (χ0v) is 14.9. The van der Waals surface area contributed by atoms with Gasteiger partial charge in [-0.05, 0) is 81.4 Å². The lowest BCUT2D eigenvalue weighted by molar-refractivity contribution is -0.117. The fraction of sp³-hybridized carbons (Fsp3) is 0.500. The number of hydrogen-bond donors (Lipinski definition) is 1. The number of fused-ring (bicyclic) bond motifs is 1. The van der Waals surface area contributed by atoms with Crippen molar-refractivity contribution in [3.8, 4) is 0 Å². The van der Waals surface area contributed by atoms with Crippen LogP contribution in [0.25, 0.3) is 0 Å². The second kappa shape index (κ2) is 7.83. The van der Waals surface area contributed by atoms with Gasteiger partial charge < -0.3 is 5.32 Å². The van der Waals surface area contributed by atoms with Crippen LogP contribution >= 0.6 is 0 Å². The number of aryl methyl sites for hydroxylation is 1. The summed E-state index contributed by atoms with van der Waals surface area (Å²) < 4.78 is 0. The lowest BCUT2D eigenvalue weighted by atomic mass is 10.1. The van der Waals surface area contributed by atoms with E-state index < -0.39 is 0 Å². The first kappa shape index (κ1) is 17.0. The summed E-state index contributed by atoms with van der Waals surface area (Å²) in [6, 6.07) is 6.12. The molecule has 1 N–H and O–H groups in total. The van der Waals surface area contributed by atoms with Gasteiger partial charge in [-0.2, -0.15) is 0 Å². The quantitative estimate of drug-likeness (QED) is 0.708. The summed E-state index contributed by atoms with van der Waals surface area (Å²) >= 11 is 0. The van der Waals surface area contributed by atoms with E-state index in [1.54, 1.807) is 0 Å². The normalized spacial score (nSPS) is 29.5. The molecule has 0 spiro atoms. The smallest absolute Gasteiger partial charge is 0.228 e. The summed E-state index contributed by atoms with van der Waals surface area (Å²) in [6.45, 7) is 4.17. The number of carbonyl (C=O) groups excluding carboxylic acids is 1. The van der Waals surface area contributed by atoms with E-state index in [1.165, 1.54) is 11.1 Å². The van der Waals surface area contributed by atoms with Crippen molar-refractivity contribution >= 4 is 11.6 Å². The maximum atomic E-state index is 12.8. The number of hydrogen-bond acceptors (Lipinski definition) is 1. The second-order valence-corrected chi connectivity index (χ2v) is 7.27. The van der Waals surface area contributed by atoms with Crippen molar-refractivity contribution in [2.75, 3.05) is 5.32 Å². The van der Waals surface area contributed by atoms with Gasteiger partial charge in [0.05, 0.1) is 0 Å². The Hall–Kier alpha value is -1.83. The van der Waals surface area contributed by atoms with Crippen molar-refractivity contribution in [3.05, 3.63) is 53.6 Å². The first-order chi connectivity index (χ1) is 11.7. The standard InChI is InChI=1S/C22H29NO/c1-16-12-11-15-20(17(16)2)23-22(24)21-18-13-9-7-5-3-4-6-8-10-14-19(18)21/h5-8,11-12,15,18-19,21H,3-4,9-10,13-14H2,1-2H3,(H,23,24)/b7-5-,8-6-/t18-,19-/m1/s1. The molecule has 0 bridgehead atoms. The van der Waals surface area contributed by atoms with Crippen molar-refractivity contribution in [1.29, 1.82) is 0 Å². The Morgan fingerprint density at radius 2 is 1.50 bits per heavy atom. The molecule has 0 saturated heterocycles. The third-order valence-corrected chi connectivity index (χ3v) is 5.66. The molecule has 1 aromatic carbocycles. The first-order valence-corrected chi connectivity index (χ1v) is 9.35. The first-order valence-electron chi connectivity index (χ1n) is 9.35. The molecule has 0 radical (unpaired) electrons. The van der Waals surface area contributed by atoms with Crippen molar-refractivity contribution in [1.82, 2.24) is 0 Å². The Morgan fingerprint density at radius 3 is 2.12 bits per heavy atom. The monoisotopic (exact) mass is 323 g/mol. The van der Waals surface area contributed by atoms with Gasteiger partial charge in [-0.3, -0.25) is 4.79 Å². The van der Waals surface area contributed by atoms with Gasteiger partial charge in [-0.1, -0.05) is 36.4 Å². The van der Waals surface area contributed by atoms with Crippen LogP contribution in [0.15, 0.2) is 42.5 Å². The molecule has 0 heterocycles. The molecule has 2 heteroatoms. The molecule has 1 saturated carbocycles. The van der Waals surface area contributed by atoms with Gasteiger partial charge in [0.25, 0.3) is 0 Å². The number of amides is 1. The Kier molecular flexibility index (Phi) is 5.55. The molecular formula is C22H29NO. The Balaban J connectivity index is 1.65. The number of nitrogens with one attached hydrogen (secondary N) is 1. The summed E-state index contributed by atoms with van der Waals surface area (Å²) in [4.78, 5) is 12.8. The maximum absolute atomic E-state index is 12.8. The van der Waals surface area contributed by atoms with Gasteiger partial charge in [0.1, 0.15) is 0 Å². The third-order valence-electron chi connectivity index (χ3n) is 5.66. The second-order valence-electron chi connectivity index (χ2n) is 7.27. The average Bonchev–Trinajstić information content (AvgIpc) is 3.24. The lowest BCUT2D eigenvalue weighted by Gasteiger charge is -2.10. The molecule has 2 nitrogen and oxygen atoms in total. The van der Waals surface area contributed by atoms with E-state index in [-0.39, 0.29) is 11.8 Å². The Morgan fingerprint density at radius 1 is 0.917 bits per heavy atom. The number of carbonyl (C=O) groups is 1. The summed E-state index contributed by atoms with van der Waals surface area (Å²) in [5.74, 6) is 1.55. The molecule has 128 valence electrons. The zero-order chi connectivity index (χ0) is 16.9. The summed E-state index contributed by atoms with van der Waals surface area (Å²) in [5.41, 5.74) is 3.38. The summed E-state index contributed by atoms with van der Waals surface area (Å²) in [5, 5.41) is 3.19. The number of rotatable bonds is 2. The Bertz CT molecular complexity index is 619. The molecule has 2 atom stereocenters. The summed E-state index contributed by atoms with van der Waals surface area (Å²) in [6.07, 6.45) is 16.0. The highest BCUT2D eigenvalue weighted by molar-refractivity contribution is 5.95.